The summed E-state index contributed by atoms with van der Waals surface area (Å²) in [6.45, 7) is 0.302. The molecule has 0 spiro atoms. The molecule has 5 heteroatoms. The summed E-state index contributed by atoms with van der Waals surface area (Å²) >= 11 is 11.4. The Kier molecular flexibility index (Phi) is 5.63. The maximum Gasteiger partial charge on any atom is 0.0944 e. The third-order valence-electron chi connectivity index (χ3n) is 1.25. The van der Waals surface area contributed by atoms with Crippen molar-refractivity contribution >= 4 is 35.6 Å². The van der Waals surface area contributed by atoms with E-state index < -0.39 is 0 Å². The van der Waals surface area contributed by atoms with E-state index in [0.29, 0.717) is 16.7 Å². The maximum absolute atomic E-state index is 5.79. The van der Waals surface area contributed by atoms with Gasteiger partial charge in [0.2, 0.25) is 0 Å². The average Bonchev–Trinajstić information content (AvgIpc) is 1.95. The summed E-state index contributed by atoms with van der Waals surface area (Å²) < 4.78 is 0. The van der Waals surface area contributed by atoms with Crippen molar-refractivity contribution in [3.05, 3.63) is 33.8 Å². The zero-order valence-corrected chi connectivity index (χ0v) is 8.42. The van der Waals surface area contributed by atoms with E-state index in [2.05, 4.69) is 4.84 Å². The SMILES string of the molecule is Cl.NOCc1ccc(Cl)cc1Cl. The monoisotopic (exact) mass is 227 g/mol. The van der Waals surface area contributed by atoms with Gasteiger partial charge in [0.05, 0.1) is 6.61 Å². The first-order valence-corrected chi connectivity index (χ1v) is 3.75. The molecule has 1 aromatic rings. The highest BCUT2D eigenvalue weighted by Crippen LogP contribution is 2.20. The zero-order chi connectivity index (χ0) is 8.27. The summed E-state index contributed by atoms with van der Waals surface area (Å²) in [4.78, 5) is 4.42. The van der Waals surface area contributed by atoms with Gasteiger partial charge in [-0.2, -0.15) is 0 Å². The Hall–Kier alpha value is 0.01000. The molecule has 0 saturated heterocycles. The van der Waals surface area contributed by atoms with Crippen molar-refractivity contribution in [2.45, 2.75) is 6.61 Å². The van der Waals surface area contributed by atoms with Gasteiger partial charge in [-0.05, 0) is 17.7 Å². The van der Waals surface area contributed by atoms with Gasteiger partial charge in [-0.3, -0.25) is 4.84 Å². The second-order valence-electron chi connectivity index (χ2n) is 2.05. The summed E-state index contributed by atoms with van der Waals surface area (Å²) in [5, 5.41) is 1.18. The van der Waals surface area contributed by atoms with Crippen LogP contribution in [0.4, 0.5) is 0 Å². The van der Waals surface area contributed by atoms with Gasteiger partial charge in [-0.1, -0.05) is 29.3 Å². The molecule has 0 bridgehead atoms. The van der Waals surface area contributed by atoms with Crippen LogP contribution in [0, 0.1) is 0 Å². The molecule has 0 aliphatic heterocycles. The number of halogens is 3. The number of benzene rings is 1. The van der Waals surface area contributed by atoms with Gasteiger partial charge in [0.25, 0.3) is 0 Å². The van der Waals surface area contributed by atoms with Gasteiger partial charge in [0.15, 0.2) is 0 Å². The molecule has 12 heavy (non-hydrogen) atoms. The summed E-state index contributed by atoms with van der Waals surface area (Å²) in [7, 11) is 0. The molecular formula is C7H8Cl3NO. The van der Waals surface area contributed by atoms with Crippen LogP contribution in [0.1, 0.15) is 5.56 Å². The molecule has 1 aromatic carbocycles. The molecule has 0 aliphatic carbocycles. The molecule has 0 amide bonds. The zero-order valence-electron chi connectivity index (χ0n) is 6.09. The second-order valence-corrected chi connectivity index (χ2v) is 2.89. The highest BCUT2D eigenvalue weighted by atomic mass is 35.5. The largest absolute Gasteiger partial charge is 0.300 e. The number of rotatable bonds is 2. The van der Waals surface area contributed by atoms with Crippen LogP contribution in [0.15, 0.2) is 18.2 Å². The van der Waals surface area contributed by atoms with Crippen LogP contribution < -0.4 is 5.90 Å². The molecule has 1 rings (SSSR count). The Morgan fingerprint density at radius 3 is 2.50 bits per heavy atom. The van der Waals surface area contributed by atoms with Crippen LogP contribution in [0.2, 0.25) is 10.0 Å². The fourth-order valence-corrected chi connectivity index (χ4v) is 1.19. The highest BCUT2D eigenvalue weighted by Gasteiger charge is 1.99. The molecule has 0 heterocycles. The molecule has 0 saturated carbocycles. The van der Waals surface area contributed by atoms with Crippen LogP contribution >= 0.6 is 35.6 Å². The second kappa shape index (κ2) is 5.62. The molecule has 2 nitrogen and oxygen atoms in total. The minimum absolute atomic E-state index is 0. The molecule has 0 fully saturated rings. The maximum atomic E-state index is 5.79. The number of nitrogens with two attached hydrogens (primary N) is 1. The molecular weight excluding hydrogens is 220 g/mol. The number of hydrogen-bond donors (Lipinski definition) is 1. The smallest absolute Gasteiger partial charge is 0.0944 e. The van der Waals surface area contributed by atoms with E-state index in [0.717, 1.165) is 5.56 Å². The summed E-state index contributed by atoms with van der Waals surface area (Å²) in [5.41, 5.74) is 0.832. The first kappa shape index (κ1) is 12.0. The van der Waals surface area contributed by atoms with E-state index in [1.165, 1.54) is 0 Å². The Morgan fingerprint density at radius 2 is 2.00 bits per heavy atom. The van der Waals surface area contributed by atoms with E-state index in [4.69, 9.17) is 29.1 Å². The Bertz CT molecular complexity index is 254. The van der Waals surface area contributed by atoms with Gasteiger partial charge in [-0.15, -0.1) is 12.4 Å². The molecule has 0 unspecified atom stereocenters. The minimum atomic E-state index is 0. The normalized spacial score (nSPS) is 9.25. The first-order valence-electron chi connectivity index (χ1n) is 2.99. The van der Waals surface area contributed by atoms with Gasteiger partial charge >= 0.3 is 0 Å². The summed E-state index contributed by atoms with van der Waals surface area (Å²) in [6.07, 6.45) is 0. The minimum Gasteiger partial charge on any atom is -0.300 e. The molecule has 0 atom stereocenters. The van der Waals surface area contributed by atoms with Crippen LogP contribution in [-0.4, -0.2) is 0 Å². The van der Waals surface area contributed by atoms with Gasteiger partial charge < -0.3 is 0 Å². The lowest BCUT2D eigenvalue weighted by atomic mass is 10.2. The summed E-state index contributed by atoms with van der Waals surface area (Å²) in [5.74, 6) is 4.88. The average molecular weight is 229 g/mol. The van der Waals surface area contributed by atoms with E-state index >= 15 is 0 Å². The van der Waals surface area contributed by atoms with Crippen molar-refractivity contribution in [2.75, 3.05) is 0 Å². The highest BCUT2D eigenvalue weighted by molar-refractivity contribution is 6.35. The lowest BCUT2D eigenvalue weighted by Crippen LogP contribution is -1.99. The molecule has 68 valence electrons. The Morgan fingerprint density at radius 1 is 1.33 bits per heavy atom. The predicted octanol–water partition coefficient (Wildman–Crippen LogP) is 2.81. The third kappa shape index (κ3) is 3.17. The van der Waals surface area contributed by atoms with Crippen molar-refractivity contribution in [3.8, 4) is 0 Å². The fraction of sp³-hybridized carbons (Fsp3) is 0.143. The van der Waals surface area contributed by atoms with Crippen molar-refractivity contribution in [3.63, 3.8) is 0 Å². The van der Waals surface area contributed by atoms with Gasteiger partial charge in [0.1, 0.15) is 0 Å². The van der Waals surface area contributed by atoms with Crippen LogP contribution in [-0.2, 0) is 11.4 Å². The molecule has 0 aliphatic rings. The topological polar surface area (TPSA) is 35.2 Å². The quantitative estimate of drug-likeness (QED) is 0.790. The third-order valence-corrected chi connectivity index (χ3v) is 1.84. The number of hydrogen-bond acceptors (Lipinski definition) is 2. The fourth-order valence-electron chi connectivity index (χ4n) is 0.729. The van der Waals surface area contributed by atoms with E-state index in [1.807, 2.05) is 0 Å². The van der Waals surface area contributed by atoms with E-state index in [1.54, 1.807) is 18.2 Å². The Labute approximate surface area is 87.0 Å². The van der Waals surface area contributed by atoms with E-state index in [9.17, 15) is 0 Å². The lowest BCUT2D eigenvalue weighted by Gasteiger charge is -2.01. The van der Waals surface area contributed by atoms with Crippen molar-refractivity contribution < 1.29 is 4.84 Å². The molecule has 0 radical (unpaired) electrons. The lowest BCUT2D eigenvalue weighted by molar-refractivity contribution is 0.124. The van der Waals surface area contributed by atoms with Crippen LogP contribution in [0.3, 0.4) is 0 Å². The predicted molar refractivity (Wildman–Crippen MR) is 52.7 cm³/mol. The Balaban J connectivity index is 0.00000121. The van der Waals surface area contributed by atoms with Crippen molar-refractivity contribution in [1.82, 2.24) is 0 Å². The van der Waals surface area contributed by atoms with Gasteiger partial charge in [-0.25, -0.2) is 5.90 Å². The molecule has 2 N–H and O–H groups in total. The first-order chi connectivity index (χ1) is 5.24. The van der Waals surface area contributed by atoms with Crippen LogP contribution in [0.25, 0.3) is 0 Å². The van der Waals surface area contributed by atoms with Crippen LogP contribution in [0.5, 0.6) is 0 Å². The van der Waals surface area contributed by atoms with E-state index in [-0.39, 0.29) is 12.4 Å². The van der Waals surface area contributed by atoms with Crippen molar-refractivity contribution in [1.29, 1.82) is 0 Å². The standard InChI is InChI=1S/C7H7Cl2NO.ClH/c8-6-2-1-5(4-11-10)7(9)3-6;/h1-3H,4,10H2;1H. The summed E-state index contributed by atoms with van der Waals surface area (Å²) in [6, 6.07) is 5.16. The van der Waals surface area contributed by atoms with Gasteiger partial charge in [0, 0.05) is 10.0 Å². The van der Waals surface area contributed by atoms with Crippen molar-refractivity contribution in [2.24, 2.45) is 5.90 Å². The molecule has 0 aromatic heterocycles.